The van der Waals surface area contributed by atoms with E-state index < -0.39 is 0 Å². The van der Waals surface area contributed by atoms with Gasteiger partial charge in [0.15, 0.2) is 0 Å². The predicted molar refractivity (Wildman–Crippen MR) is 63.8 cm³/mol. The zero-order valence-corrected chi connectivity index (χ0v) is 9.94. The van der Waals surface area contributed by atoms with Crippen LogP contribution in [0.3, 0.4) is 0 Å². The van der Waals surface area contributed by atoms with Gasteiger partial charge in [-0.15, -0.1) is 12.4 Å². The van der Waals surface area contributed by atoms with Crippen LogP contribution in [0.2, 0.25) is 0 Å². The second-order valence-corrected chi connectivity index (χ2v) is 3.60. The van der Waals surface area contributed by atoms with Gasteiger partial charge in [-0.2, -0.15) is 0 Å². The summed E-state index contributed by atoms with van der Waals surface area (Å²) >= 11 is 0. The van der Waals surface area contributed by atoms with E-state index in [1.165, 1.54) is 6.07 Å². The summed E-state index contributed by atoms with van der Waals surface area (Å²) in [6.07, 6.45) is 0. The van der Waals surface area contributed by atoms with Crippen molar-refractivity contribution < 1.29 is 9.13 Å². The molecule has 1 aliphatic heterocycles. The Kier molecular flexibility index (Phi) is 4.99. The lowest BCUT2D eigenvalue weighted by atomic mass is 10.0. The van der Waals surface area contributed by atoms with Crippen LogP contribution >= 0.6 is 12.4 Å². The van der Waals surface area contributed by atoms with Gasteiger partial charge in [0, 0.05) is 31.2 Å². The van der Waals surface area contributed by atoms with Crippen LogP contribution < -0.4 is 15.4 Å². The van der Waals surface area contributed by atoms with Gasteiger partial charge in [0.05, 0.1) is 7.11 Å². The Morgan fingerprint density at radius 2 is 2.19 bits per heavy atom. The number of rotatable bonds is 2. The highest BCUT2D eigenvalue weighted by molar-refractivity contribution is 5.85. The summed E-state index contributed by atoms with van der Waals surface area (Å²) < 4.78 is 18.7. The molecule has 1 heterocycles. The molecule has 0 aliphatic carbocycles. The molecule has 0 saturated carbocycles. The van der Waals surface area contributed by atoms with Crippen molar-refractivity contribution >= 4 is 12.4 Å². The molecular formula is C11H16ClFN2O. The molecule has 16 heavy (non-hydrogen) atoms. The van der Waals surface area contributed by atoms with E-state index in [1.54, 1.807) is 19.2 Å². The van der Waals surface area contributed by atoms with Crippen LogP contribution in [0.1, 0.15) is 11.6 Å². The molecule has 5 heteroatoms. The third-order valence-corrected chi connectivity index (χ3v) is 2.62. The van der Waals surface area contributed by atoms with Crippen LogP contribution in [0.25, 0.3) is 0 Å². The fourth-order valence-corrected chi connectivity index (χ4v) is 1.79. The van der Waals surface area contributed by atoms with Crippen molar-refractivity contribution in [2.75, 3.05) is 26.7 Å². The van der Waals surface area contributed by atoms with Crippen LogP contribution in [-0.4, -0.2) is 26.7 Å². The number of piperazine rings is 1. The zero-order chi connectivity index (χ0) is 10.7. The molecule has 1 saturated heterocycles. The van der Waals surface area contributed by atoms with E-state index in [0.29, 0.717) is 11.3 Å². The monoisotopic (exact) mass is 246 g/mol. The second kappa shape index (κ2) is 6.03. The van der Waals surface area contributed by atoms with Gasteiger partial charge < -0.3 is 15.4 Å². The van der Waals surface area contributed by atoms with E-state index in [1.807, 2.05) is 0 Å². The van der Waals surface area contributed by atoms with Crippen molar-refractivity contribution in [3.63, 3.8) is 0 Å². The van der Waals surface area contributed by atoms with Gasteiger partial charge in [0.2, 0.25) is 0 Å². The first-order chi connectivity index (χ1) is 7.31. The molecule has 0 unspecified atom stereocenters. The van der Waals surface area contributed by atoms with E-state index >= 15 is 0 Å². The Morgan fingerprint density at radius 1 is 1.38 bits per heavy atom. The maximum Gasteiger partial charge on any atom is 0.128 e. The number of hydrogen-bond acceptors (Lipinski definition) is 3. The van der Waals surface area contributed by atoms with E-state index in [0.717, 1.165) is 19.6 Å². The van der Waals surface area contributed by atoms with Crippen molar-refractivity contribution in [3.05, 3.63) is 29.6 Å². The number of benzene rings is 1. The van der Waals surface area contributed by atoms with Crippen molar-refractivity contribution in [2.45, 2.75) is 6.04 Å². The fraction of sp³-hybridized carbons (Fsp3) is 0.455. The third kappa shape index (κ3) is 2.84. The summed E-state index contributed by atoms with van der Waals surface area (Å²) in [5, 5.41) is 6.50. The van der Waals surface area contributed by atoms with Gasteiger partial charge >= 0.3 is 0 Å². The highest BCUT2D eigenvalue weighted by Crippen LogP contribution is 2.22. The molecular weight excluding hydrogens is 231 g/mol. The van der Waals surface area contributed by atoms with E-state index in [-0.39, 0.29) is 24.3 Å². The van der Waals surface area contributed by atoms with Crippen LogP contribution in [0.5, 0.6) is 5.75 Å². The molecule has 3 nitrogen and oxygen atoms in total. The van der Waals surface area contributed by atoms with Gasteiger partial charge in [-0.25, -0.2) is 4.39 Å². The van der Waals surface area contributed by atoms with Crippen molar-refractivity contribution in [2.24, 2.45) is 0 Å². The lowest BCUT2D eigenvalue weighted by Crippen LogP contribution is -2.42. The molecule has 1 aromatic rings. The largest absolute Gasteiger partial charge is 0.497 e. The average molecular weight is 247 g/mol. The van der Waals surface area contributed by atoms with E-state index in [2.05, 4.69) is 10.6 Å². The smallest absolute Gasteiger partial charge is 0.128 e. The second-order valence-electron chi connectivity index (χ2n) is 3.60. The summed E-state index contributed by atoms with van der Waals surface area (Å²) in [6, 6.07) is 4.87. The van der Waals surface area contributed by atoms with Crippen LogP contribution in [-0.2, 0) is 0 Å². The Labute approximate surface area is 101 Å². The normalized spacial score (nSPS) is 20.0. The van der Waals surface area contributed by atoms with E-state index in [9.17, 15) is 4.39 Å². The van der Waals surface area contributed by atoms with Crippen LogP contribution in [0.15, 0.2) is 18.2 Å². The molecule has 1 fully saturated rings. The molecule has 1 aliphatic rings. The molecule has 0 radical (unpaired) electrons. The number of ether oxygens (including phenoxy) is 1. The minimum absolute atomic E-state index is 0. The first-order valence-corrected chi connectivity index (χ1v) is 5.09. The number of halogens is 2. The van der Waals surface area contributed by atoms with Gasteiger partial charge in [0.1, 0.15) is 11.6 Å². The molecule has 0 bridgehead atoms. The molecule has 0 aromatic heterocycles. The Hall–Kier alpha value is -0.840. The number of hydrogen-bond donors (Lipinski definition) is 2. The number of nitrogens with one attached hydrogen (secondary N) is 2. The Bertz CT molecular complexity index is 343. The van der Waals surface area contributed by atoms with Gasteiger partial charge in [-0.3, -0.25) is 0 Å². The quantitative estimate of drug-likeness (QED) is 0.830. The van der Waals surface area contributed by atoms with Crippen molar-refractivity contribution in [3.8, 4) is 5.75 Å². The molecule has 1 atom stereocenters. The summed E-state index contributed by atoms with van der Waals surface area (Å²) in [6.45, 7) is 2.55. The molecule has 2 N–H and O–H groups in total. The SMILES string of the molecule is COc1ccc(F)c([C@H]2CNCCN2)c1.Cl. The molecule has 0 amide bonds. The average Bonchev–Trinajstić information content (AvgIpc) is 2.31. The predicted octanol–water partition coefficient (Wildman–Crippen LogP) is 1.49. The summed E-state index contributed by atoms with van der Waals surface area (Å²) in [5.74, 6) is 0.510. The highest BCUT2D eigenvalue weighted by atomic mass is 35.5. The standard InChI is InChI=1S/C11H15FN2O.ClH/c1-15-8-2-3-10(12)9(6-8)11-7-13-4-5-14-11;/h2-3,6,11,13-14H,4-5,7H2,1H3;1H/t11-;/m1./s1. The molecule has 90 valence electrons. The molecule has 0 spiro atoms. The lowest BCUT2D eigenvalue weighted by molar-refractivity contribution is 0.399. The van der Waals surface area contributed by atoms with Gasteiger partial charge in [-0.05, 0) is 18.2 Å². The van der Waals surface area contributed by atoms with Crippen LogP contribution in [0.4, 0.5) is 4.39 Å². The minimum atomic E-state index is -0.183. The van der Waals surface area contributed by atoms with Gasteiger partial charge in [-0.1, -0.05) is 0 Å². The number of methoxy groups -OCH3 is 1. The Morgan fingerprint density at radius 3 is 2.81 bits per heavy atom. The van der Waals surface area contributed by atoms with E-state index in [4.69, 9.17) is 4.74 Å². The topological polar surface area (TPSA) is 33.3 Å². The Balaban J connectivity index is 0.00000128. The molecule has 1 aromatic carbocycles. The first-order valence-electron chi connectivity index (χ1n) is 5.09. The maximum atomic E-state index is 13.6. The van der Waals surface area contributed by atoms with Crippen molar-refractivity contribution in [1.82, 2.24) is 10.6 Å². The third-order valence-electron chi connectivity index (χ3n) is 2.62. The zero-order valence-electron chi connectivity index (χ0n) is 9.13. The molecule has 2 rings (SSSR count). The summed E-state index contributed by atoms with van der Waals surface area (Å²) in [4.78, 5) is 0. The first kappa shape index (κ1) is 13.2. The summed E-state index contributed by atoms with van der Waals surface area (Å²) in [7, 11) is 1.59. The van der Waals surface area contributed by atoms with Crippen LogP contribution in [0, 0.1) is 5.82 Å². The van der Waals surface area contributed by atoms with Crippen molar-refractivity contribution in [1.29, 1.82) is 0 Å². The maximum absolute atomic E-state index is 13.6. The highest BCUT2D eigenvalue weighted by Gasteiger charge is 2.18. The minimum Gasteiger partial charge on any atom is -0.497 e. The van der Waals surface area contributed by atoms with Gasteiger partial charge in [0.25, 0.3) is 0 Å². The fourth-order valence-electron chi connectivity index (χ4n) is 1.79. The summed E-state index contributed by atoms with van der Waals surface area (Å²) in [5.41, 5.74) is 0.668. The lowest BCUT2D eigenvalue weighted by Gasteiger charge is -2.25.